The second-order valence-corrected chi connectivity index (χ2v) is 4.94. The van der Waals surface area contributed by atoms with Crippen LogP contribution < -0.4 is 0 Å². The molecule has 118 valence electrons. The number of carboxylic acids is 1. The van der Waals surface area contributed by atoms with Gasteiger partial charge in [-0.15, -0.1) is 0 Å². The number of benzene rings is 1. The van der Waals surface area contributed by atoms with Crippen molar-refractivity contribution in [2.24, 2.45) is 5.92 Å². The summed E-state index contributed by atoms with van der Waals surface area (Å²) in [5.74, 6) is -5.00. The summed E-state index contributed by atoms with van der Waals surface area (Å²) in [4.78, 5) is 35.1. The van der Waals surface area contributed by atoms with E-state index >= 15 is 0 Å². The lowest BCUT2D eigenvalue weighted by Crippen LogP contribution is -2.40. The first-order valence-corrected chi connectivity index (χ1v) is 6.45. The van der Waals surface area contributed by atoms with Crippen LogP contribution in [-0.2, 0) is 4.79 Å². The summed E-state index contributed by atoms with van der Waals surface area (Å²) < 4.78 is 38.9. The monoisotopic (exact) mass is 315 g/mol. The molecule has 8 heteroatoms. The maximum Gasteiger partial charge on any atom is 0.393 e. The SMILES string of the molecule is O=C(O)CC[C@H](CN1C(=O)c2ccccc2C1=O)C(F)(F)F. The van der Waals surface area contributed by atoms with Crippen molar-refractivity contribution in [2.75, 3.05) is 6.54 Å². The van der Waals surface area contributed by atoms with E-state index in [0.29, 0.717) is 4.90 Å². The number of imide groups is 1. The van der Waals surface area contributed by atoms with E-state index in [1.807, 2.05) is 0 Å². The van der Waals surface area contributed by atoms with Gasteiger partial charge in [0.25, 0.3) is 11.8 Å². The first kappa shape index (κ1) is 16.0. The number of carbonyl (C=O) groups is 3. The van der Waals surface area contributed by atoms with E-state index in [0.717, 1.165) is 0 Å². The Morgan fingerprint density at radius 1 is 1.14 bits per heavy atom. The van der Waals surface area contributed by atoms with Crippen molar-refractivity contribution in [3.05, 3.63) is 35.4 Å². The summed E-state index contributed by atoms with van der Waals surface area (Å²) in [6.45, 7) is -0.872. The van der Waals surface area contributed by atoms with Gasteiger partial charge in [0.15, 0.2) is 0 Å². The van der Waals surface area contributed by atoms with E-state index in [1.54, 1.807) is 0 Å². The van der Waals surface area contributed by atoms with Crippen LogP contribution in [0.15, 0.2) is 24.3 Å². The van der Waals surface area contributed by atoms with Gasteiger partial charge in [0.2, 0.25) is 0 Å². The van der Waals surface area contributed by atoms with Gasteiger partial charge < -0.3 is 5.11 Å². The number of carbonyl (C=O) groups excluding carboxylic acids is 2. The summed E-state index contributed by atoms with van der Waals surface area (Å²) in [5.41, 5.74) is 0.123. The summed E-state index contributed by atoms with van der Waals surface area (Å²) in [6.07, 6.45) is -6.07. The molecular formula is C14H12F3NO4. The molecule has 5 nitrogen and oxygen atoms in total. The molecule has 0 radical (unpaired) electrons. The standard InChI is InChI=1S/C14H12F3NO4/c15-14(16,17)8(5-6-11(19)20)7-18-12(21)9-3-1-2-4-10(9)13(18)22/h1-4,8H,5-7H2,(H,19,20)/t8-/m1/s1. The van der Waals surface area contributed by atoms with E-state index < -0.39 is 49.3 Å². The fourth-order valence-electron chi connectivity index (χ4n) is 2.28. The fourth-order valence-corrected chi connectivity index (χ4v) is 2.28. The highest BCUT2D eigenvalue weighted by atomic mass is 19.4. The van der Waals surface area contributed by atoms with Crippen LogP contribution >= 0.6 is 0 Å². The molecule has 0 bridgehead atoms. The number of amides is 2. The summed E-state index contributed by atoms with van der Waals surface area (Å²) in [6, 6.07) is 5.77. The number of halogens is 3. The van der Waals surface area contributed by atoms with Crippen molar-refractivity contribution in [3.8, 4) is 0 Å². The Kier molecular flexibility index (Phi) is 4.20. The van der Waals surface area contributed by atoms with Crippen molar-refractivity contribution in [1.82, 2.24) is 4.90 Å². The molecule has 0 saturated heterocycles. The topological polar surface area (TPSA) is 74.7 Å². The molecule has 1 aromatic rings. The number of nitrogens with zero attached hydrogens (tertiary/aromatic N) is 1. The van der Waals surface area contributed by atoms with Gasteiger partial charge in [-0.3, -0.25) is 19.3 Å². The molecule has 1 aliphatic heterocycles. The Hall–Kier alpha value is -2.38. The van der Waals surface area contributed by atoms with Gasteiger partial charge in [-0.2, -0.15) is 13.2 Å². The number of carboxylic acid groups (broad SMARTS) is 1. The highest BCUT2D eigenvalue weighted by molar-refractivity contribution is 6.21. The second kappa shape index (κ2) is 5.78. The van der Waals surface area contributed by atoms with Crippen LogP contribution in [0.25, 0.3) is 0 Å². The predicted molar refractivity (Wildman–Crippen MR) is 68.2 cm³/mol. The summed E-state index contributed by atoms with van der Waals surface area (Å²) >= 11 is 0. The Morgan fingerprint density at radius 2 is 1.64 bits per heavy atom. The first-order chi connectivity index (χ1) is 10.2. The van der Waals surface area contributed by atoms with Crippen molar-refractivity contribution in [1.29, 1.82) is 0 Å². The molecule has 0 spiro atoms. The number of aliphatic carboxylic acids is 1. The largest absolute Gasteiger partial charge is 0.481 e. The quantitative estimate of drug-likeness (QED) is 0.846. The first-order valence-electron chi connectivity index (χ1n) is 6.45. The van der Waals surface area contributed by atoms with Crippen molar-refractivity contribution in [2.45, 2.75) is 19.0 Å². The zero-order valence-electron chi connectivity index (χ0n) is 11.3. The smallest absolute Gasteiger partial charge is 0.393 e. The average molecular weight is 315 g/mol. The number of alkyl halides is 3. The summed E-state index contributed by atoms with van der Waals surface area (Å²) in [7, 11) is 0. The van der Waals surface area contributed by atoms with Crippen molar-refractivity contribution in [3.63, 3.8) is 0 Å². The van der Waals surface area contributed by atoms with Gasteiger partial charge in [-0.1, -0.05) is 12.1 Å². The maximum atomic E-state index is 13.0. The van der Waals surface area contributed by atoms with Crippen LogP contribution in [0.3, 0.4) is 0 Å². The molecule has 0 aliphatic carbocycles. The van der Waals surface area contributed by atoms with Crippen LogP contribution in [0.5, 0.6) is 0 Å². The third kappa shape index (κ3) is 3.10. The lowest BCUT2D eigenvalue weighted by atomic mass is 10.0. The predicted octanol–water partition coefficient (Wildman–Crippen LogP) is 2.33. The Morgan fingerprint density at radius 3 is 2.05 bits per heavy atom. The fraction of sp³-hybridized carbons (Fsp3) is 0.357. The molecule has 2 amide bonds. The molecule has 0 aromatic heterocycles. The molecule has 1 atom stereocenters. The van der Waals surface area contributed by atoms with E-state index in [1.165, 1.54) is 24.3 Å². The van der Waals surface area contributed by atoms with Gasteiger partial charge >= 0.3 is 12.1 Å². The van der Waals surface area contributed by atoms with Gasteiger partial charge in [-0.05, 0) is 18.6 Å². The zero-order valence-corrected chi connectivity index (χ0v) is 11.3. The van der Waals surface area contributed by atoms with Crippen LogP contribution in [-0.4, -0.2) is 40.5 Å². The normalized spacial score (nSPS) is 15.9. The molecule has 1 N–H and O–H groups in total. The molecule has 1 aromatic carbocycles. The molecular weight excluding hydrogens is 303 g/mol. The van der Waals surface area contributed by atoms with Gasteiger partial charge in [0, 0.05) is 13.0 Å². The number of hydrogen-bond acceptors (Lipinski definition) is 3. The molecule has 2 rings (SSSR count). The minimum absolute atomic E-state index is 0.0617. The average Bonchev–Trinajstić information content (AvgIpc) is 2.67. The van der Waals surface area contributed by atoms with E-state index in [-0.39, 0.29) is 11.1 Å². The van der Waals surface area contributed by atoms with Gasteiger partial charge in [-0.25, -0.2) is 0 Å². The van der Waals surface area contributed by atoms with Crippen molar-refractivity contribution < 1.29 is 32.7 Å². The maximum absolute atomic E-state index is 13.0. The summed E-state index contributed by atoms with van der Waals surface area (Å²) in [5, 5.41) is 8.52. The Balaban J connectivity index is 2.19. The minimum Gasteiger partial charge on any atom is -0.481 e. The third-order valence-electron chi connectivity index (χ3n) is 3.45. The molecule has 0 fully saturated rings. The van der Waals surface area contributed by atoms with E-state index in [9.17, 15) is 27.6 Å². The molecule has 22 heavy (non-hydrogen) atoms. The lowest BCUT2D eigenvalue weighted by Gasteiger charge is -2.24. The number of rotatable bonds is 5. The Bertz CT molecular complexity index is 592. The Labute approximate surface area is 123 Å². The molecule has 0 saturated carbocycles. The van der Waals surface area contributed by atoms with Crippen LogP contribution in [0.1, 0.15) is 33.6 Å². The zero-order chi connectivity index (χ0) is 16.5. The second-order valence-electron chi connectivity index (χ2n) is 4.94. The van der Waals surface area contributed by atoms with Gasteiger partial charge in [0.1, 0.15) is 0 Å². The molecule has 1 heterocycles. The number of hydrogen-bond donors (Lipinski definition) is 1. The lowest BCUT2D eigenvalue weighted by molar-refractivity contribution is -0.179. The third-order valence-corrected chi connectivity index (χ3v) is 3.45. The van der Waals surface area contributed by atoms with E-state index in [2.05, 4.69) is 0 Å². The van der Waals surface area contributed by atoms with Crippen molar-refractivity contribution >= 4 is 17.8 Å². The van der Waals surface area contributed by atoms with Crippen LogP contribution in [0.2, 0.25) is 0 Å². The van der Waals surface area contributed by atoms with Crippen LogP contribution in [0.4, 0.5) is 13.2 Å². The molecule has 1 aliphatic rings. The molecule has 0 unspecified atom stereocenters. The minimum atomic E-state index is -4.69. The highest BCUT2D eigenvalue weighted by Gasteiger charge is 2.45. The highest BCUT2D eigenvalue weighted by Crippen LogP contribution is 2.33. The van der Waals surface area contributed by atoms with Crippen LogP contribution in [0, 0.1) is 5.92 Å². The number of fused-ring (bicyclic) bond motifs is 1. The van der Waals surface area contributed by atoms with E-state index in [4.69, 9.17) is 5.11 Å². The van der Waals surface area contributed by atoms with Gasteiger partial charge in [0.05, 0.1) is 17.0 Å².